The molecular weight excluding hydrogens is 400 g/mol. The first-order chi connectivity index (χ1) is 14.3. The number of hydrogen-bond acceptors (Lipinski definition) is 4. The molecule has 2 amide bonds. The summed E-state index contributed by atoms with van der Waals surface area (Å²) in [7, 11) is -3.65. The summed E-state index contributed by atoms with van der Waals surface area (Å²) in [5.74, 6) is 0.0915. The van der Waals surface area contributed by atoms with E-state index in [0.29, 0.717) is 17.0 Å². The molecule has 0 aromatic heterocycles. The van der Waals surface area contributed by atoms with Crippen LogP contribution in [-0.2, 0) is 26.2 Å². The van der Waals surface area contributed by atoms with Gasteiger partial charge in [-0.05, 0) is 68.6 Å². The number of carbonyl (C=O) groups is 2. The van der Waals surface area contributed by atoms with E-state index in [1.165, 1.54) is 4.90 Å². The third-order valence-electron chi connectivity index (χ3n) is 7.15. The molecular formula is C23H32N2O4S. The Hall–Kier alpha value is -1.73. The topological polar surface area (TPSA) is 83.6 Å². The average molecular weight is 433 g/mol. The van der Waals surface area contributed by atoms with Gasteiger partial charge in [-0.15, -0.1) is 0 Å². The van der Waals surface area contributed by atoms with E-state index in [0.717, 1.165) is 51.4 Å². The Labute approximate surface area is 179 Å². The molecule has 1 N–H and O–H groups in total. The summed E-state index contributed by atoms with van der Waals surface area (Å²) in [4.78, 5) is 27.1. The number of amides is 2. The molecule has 3 fully saturated rings. The van der Waals surface area contributed by atoms with Crippen LogP contribution in [0.2, 0.25) is 0 Å². The lowest BCUT2D eigenvalue weighted by atomic mass is 9.81. The van der Waals surface area contributed by atoms with Crippen molar-refractivity contribution in [3.8, 4) is 0 Å². The zero-order valence-electron chi connectivity index (χ0n) is 17.9. The molecule has 1 aliphatic heterocycles. The number of fused-ring (bicyclic) bond motifs is 1. The largest absolute Gasteiger partial charge is 0.278 e. The highest BCUT2D eigenvalue weighted by Crippen LogP contribution is 2.38. The first-order valence-corrected chi connectivity index (χ1v) is 12.7. The van der Waals surface area contributed by atoms with E-state index in [4.69, 9.17) is 0 Å². The van der Waals surface area contributed by atoms with Gasteiger partial charge in [0.15, 0.2) is 0 Å². The van der Waals surface area contributed by atoms with Gasteiger partial charge in [0.25, 0.3) is 0 Å². The van der Waals surface area contributed by atoms with Crippen LogP contribution < -0.4 is 4.72 Å². The zero-order chi connectivity index (χ0) is 21.5. The number of likely N-dealkylation sites (tertiary alicyclic amines) is 1. The quantitative estimate of drug-likeness (QED) is 0.722. The number of imide groups is 1. The Balaban J connectivity index is 1.52. The fourth-order valence-electron chi connectivity index (χ4n) is 5.26. The molecule has 7 heteroatoms. The van der Waals surface area contributed by atoms with Crippen molar-refractivity contribution < 1.29 is 18.0 Å². The van der Waals surface area contributed by atoms with E-state index in [-0.39, 0.29) is 41.1 Å². The van der Waals surface area contributed by atoms with Crippen molar-refractivity contribution in [3.05, 3.63) is 29.3 Å². The molecule has 1 aromatic carbocycles. The van der Waals surface area contributed by atoms with Crippen LogP contribution in [0, 0.1) is 24.7 Å². The monoisotopic (exact) mass is 432 g/mol. The summed E-state index contributed by atoms with van der Waals surface area (Å²) < 4.78 is 29.0. The van der Waals surface area contributed by atoms with E-state index in [1.807, 2.05) is 6.07 Å². The summed E-state index contributed by atoms with van der Waals surface area (Å²) in [5.41, 5.74) is 1.35. The summed E-state index contributed by atoms with van der Waals surface area (Å²) in [6.45, 7) is 4.13. The van der Waals surface area contributed by atoms with E-state index in [9.17, 15) is 18.0 Å². The number of benzene rings is 1. The number of sulfonamides is 1. The van der Waals surface area contributed by atoms with E-state index >= 15 is 0 Å². The highest BCUT2D eigenvalue weighted by atomic mass is 32.2. The third kappa shape index (κ3) is 4.19. The van der Waals surface area contributed by atoms with Crippen LogP contribution in [0.15, 0.2) is 23.1 Å². The normalized spacial score (nSPS) is 29.9. The van der Waals surface area contributed by atoms with Gasteiger partial charge in [0.05, 0.1) is 23.3 Å². The minimum Gasteiger partial charge on any atom is -0.278 e. The lowest BCUT2D eigenvalue weighted by Gasteiger charge is -2.27. The van der Waals surface area contributed by atoms with Crippen molar-refractivity contribution in [3.63, 3.8) is 0 Å². The lowest BCUT2D eigenvalue weighted by molar-refractivity contribution is -0.140. The number of nitrogens with one attached hydrogen (secondary N) is 1. The fourth-order valence-corrected chi connectivity index (χ4v) is 6.86. The predicted octanol–water partition coefficient (Wildman–Crippen LogP) is 3.53. The molecule has 2 aliphatic carbocycles. The Morgan fingerprint density at radius 1 is 0.967 bits per heavy atom. The van der Waals surface area contributed by atoms with Crippen LogP contribution >= 0.6 is 0 Å². The SMILES string of the molecule is Cc1ccc(CN2C(=O)C3CCCCC3C2=O)cc1S(=O)(=O)NC1CCC(C)CC1. The van der Waals surface area contributed by atoms with Gasteiger partial charge in [0, 0.05) is 6.04 Å². The highest BCUT2D eigenvalue weighted by molar-refractivity contribution is 7.89. The second-order valence-corrected chi connectivity index (χ2v) is 11.1. The molecule has 1 saturated heterocycles. The van der Waals surface area contributed by atoms with Crippen LogP contribution in [0.5, 0.6) is 0 Å². The van der Waals surface area contributed by atoms with E-state index in [1.54, 1.807) is 19.1 Å². The molecule has 1 aromatic rings. The number of aryl methyl sites for hydroxylation is 1. The van der Waals surface area contributed by atoms with Gasteiger partial charge in [-0.3, -0.25) is 14.5 Å². The van der Waals surface area contributed by atoms with E-state index in [2.05, 4.69) is 11.6 Å². The number of carbonyl (C=O) groups excluding carboxylic acids is 2. The minimum atomic E-state index is -3.65. The molecule has 2 saturated carbocycles. The maximum absolute atomic E-state index is 13.1. The number of rotatable bonds is 5. The molecule has 0 spiro atoms. The van der Waals surface area contributed by atoms with Crippen LogP contribution in [0.3, 0.4) is 0 Å². The fraction of sp³-hybridized carbons (Fsp3) is 0.652. The Morgan fingerprint density at radius 3 is 2.17 bits per heavy atom. The Kier molecular flexibility index (Phi) is 6.04. The van der Waals surface area contributed by atoms with Gasteiger partial charge in [-0.25, -0.2) is 13.1 Å². The molecule has 4 rings (SSSR count). The van der Waals surface area contributed by atoms with Crippen molar-refractivity contribution in [2.45, 2.75) is 82.7 Å². The van der Waals surface area contributed by atoms with Crippen LogP contribution in [0.25, 0.3) is 0 Å². The van der Waals surface area contributed by atoms with Crippen molar-refractivity contribution in [2.24, 2.45) is 17.8 Å². The predicted molar refractivity (Wildman–Crippen MR) is 114 cm³/mol. The minimum absolute atomic E-state index is 0.0286. The van der Waals surface area contributed by atoms with Crippen molar-refractivity contribution in [1.82, 2.24) is 9.62 Å². The second kappa shape index (κ2) is 8.42. The Bertz CT molecular complexity index is 911. The standard InChI is InChI=1S/C23H32N2O4S/c1-15-7-11-18(12-8-15)24-30(28,29)21-13-17(10-9-16(21)2)14-25-22(26)19-5-3-4-6-20(19)23(25)27/h9-10,13,15,18-20,24H,3-8,11-12,14H2,1-2H3. The van der Waals surface area contributed by atoms with Crippen LogP contribution in [0.4, 0.5) is 0 Å². The molecule has 30 heavy (non-hydrogen) atoms. The summed E-state index contributed by atoms with van der Waals surface area (Å²) in [5, 5.41) is 0. The lowest BCUT2D eigenvalue weighted by Crippen LogP contribution is -2.37. The van der Waals surface area contributed by atoms with Crippen molar-refractivity contribution in [2.75, 3.05) is 0 Å². The number of hydrogen-bond donors (Lipinski definition) is 1. The molecule has 164 valence electrons. The van der Waals surface area contributed by atoms with Gasteiger partial charge in [0.2, 0.25) is 21.8 Å². The number of nitrogens with zero attached hydrogens (tertiary/aromatic N) is 1. The van der Waals surface area contributed by atoms with Gasteiger partial charge in [-0.1, -0.05) is 31.9 Å². The highest BCUT2D eigenvalue weighted by Gasteiger charge is 2.47. The van der Waals surface area contributed by atoms with Crippen molar-refractivity contribution >= 4 is 21.8 Å². The maximum atomic E-state index is 13.1. The summed E-state index contributed by atoms with van der Waals surface area (Å²) in [6, 6.07) is 5.19. The molecule has 6 nitrogen and oxygen atoms in total. The van der Waals surface area contributed by atoms with Gasteiger partial charge in [-0.2, -0.15) is 0 Å². The molecule has 2 unspecified atom stereocenters. The third-order valence-corrected chi connectivity index (χ3v) is 8.82. The van der Waals surface area contributed by atoms with Crippen LogP contribution in [-0.4, -0.2) is 31.2 Å². The van der Waals surface area contributed by atoms with Gasteiger partial charge in [0.1, 0.15) is 0 Å². The molecule has 3 aliphatic rings. The van der Waals surface area contributed by atoms with Gasteiger partial charge >= 0.3 is 0 Å². The zero-order valence-corrected chi connectivity index (χ0v) is 18.7. The molecule has 1 heterocycles. The van der Waals surface area contributed by atoms with Crippen molar-refractivity contribution in [1.29, 1.82) is 0 Å². The van der Waals surface area contributed by atoms with E-state index < -0.39 is 10.0 Å². The smallest absolute Gasteiger partial charge is 0.241 e. The molecule has 2 atom stereocenters. The molecule has 0 bridgehead atoms. The maximum Gasteiger partial charge on any atom is 0.241 e. The van der Waals surface area contributed by atoms with Gasteiger partial charge < -0.3 is 0 Å². The summed E-state index contributed by atoms with van der Waals surface area (Å²) >= 11 is 0. The first-order valence-electron chi connectivity index (χ1n) is 11.2. The Morgan fingerprint density at radius 2 is 1.57 bits per heavy atom. The second-order valence-electron chi connectivity index (χ2n) is 9.44. The first kappa shape index (κ1) is 21.5. The van der Waals surface area contributed by atoms with Crippen LogP contribution in [0.1, 0.15) is 69.4 Å². The molecule has 0 radical (unpaired) electrons. The average Bonchev–Trinajstić information content (AvgIpc) is 2.96. The summed E-state index contributed by atoms with van der Waals surface area (Å²) in [6.07, 6.45) is 7.34.